The van der Waals surface area contributed by atoms with E-state index in [-0.39, 0.29) is 12.1 Å². The first-order valence-corrected chi connectivity index (χ1v) is 17.2. The third-order valence-corrected chi connectivity index (χ3v) is 9.85. The molecule has 0 bridgehead atoms. The number of pyridine rings is 2. The second kappa shape index (κ2) is 13.6. The summed E-state index contributed by atoms with van der Waals surface area (Å²) in [7, 11) is 0. The maximum absolute atomic E-state index is 10.0. The molecule has 6 aromatic rings. The minimum Gasteiger partial charge on any atom is -0.435 e. The van der Waals surface area contributed by atoms with Gasteiger partial charge in [-0.1, -0.05) is 31.2 Å². The van der Waals surface area contributed by atoms with Crippen molar-refractivity contribution in [3.63, 3.8) is 0 Å². The number of rotatable bonds is 10. The van der Waals surface area contributed by atoms with Crippen LogP contribution in [0.3, 0.4) is 0 Å². The molecule has 9 nitrogen and oxygen atoms in total. The van der Waals surface area contributed by atoms with E-state index in [1.165, 1.54) is 6.42 Å². The maximum atomic E-state index is 10.0. The van der Waals surface area contributed by atoms with Crippen molar-refractivity contribution < 1.29 is 9.52 Å². The van der Waals surface area contributed by atoms with Crippen LogP contribution in [0, 0.1) is 31.1 Å². The fourth-order valence-electron chi connectivity index (χ4n) is 6.85. The van der Waals surface area contributed by atoms with Gasteiger partial charge in [0.25, 0.3) is 0 Å². The highest BCUT2D eigenvalue weighted by Crippen LogP contribution is 2.38. The summed E-state index contributed by atoms with van der Waals surface area (Å²) >= 11 is 0. The van der Waals surface area contributed by atoms with E-state index in [2.05, 4.69) is 77.7 Å². The van der Waals surface area contributed by atoms with Gasteiger partial charge in [0.1, 0.15) is 17.1 Å². The predicted octanol–water partition coefficient (Wildman–Crippen LogP) is 8.04. The molecular formula is C41H43N7O2. The average molecular weight is 666 g/mol. The number of oxazole rings is 1. The normalized spacial score (nSPS) is 15.2. The molecule has 0 radical (unpaired) electrons. The van der Waals surface area contributed by atoms with E-state index in [1.54, 1.807) is 6.20 Å². The Hall–Kier alpha value is -5.14. The Bertz CT molecular complexity index is 2250. The molecule has 4 heterocycles. The number of aliphatic hydroxyl groups is 1. The molecule has 1 fully saturated rings. The van der Waals surface area contributed by atoms with Gasteiger partial charge in [0.15, 0.2) is 11.4 Å². The van der Waals surface area contributed by atoms with E-state index in [0.29, 0.717) is 40.8 Å². The zero-order chi connectivity index (χ0) is 35.0. The van der Waals surface area contributed by atoms with Gasteiger partial charge < -0.3 is 20.2 Å². The maximum Gasteiger partial charge on any atom is 0.227 e. The molecule has 0 aliphatic carbocycles. The molecule has 1 saturated heterocycles. The Kier molecular flexibility index (Phi) is 9.10. The Balaban J connectivity index is 1.18. The Morgan fingerprint density at radius 3 is 2.54 bits per heavy atom. The summed E-state index contributed by atoms with van der Waals surface area (Å²) < 4.78 is 6.32. The van der Waals surface area contributed by atoms with Crippen LogP contribution in [0.5, 0.6) is 0 Å². The number of hydrogen-bond donors (Lipinski definition) is 3. The highest BCUT2D eigenvalue weighted by Gasteiger charge is 2.22. The van der Waals surface area contributed by atoms with Crippen molar-refractivity contribution in [3.8, 4) is 28.7 Å². The minimum absolute atomic E-state index is 0.0491. The topological polar surface area (TPSA) is 123 Å². The molecule has 3 aromatic heterocycles. The second-order valence-corrected chi connectivity index (χ2v) is 14.3. The van der Waals surface area contributed by atoms with Crippen LogP contribution in [0.1, 0.15) is 55.0 Å². The fraction of sp³-hybridized carbons (Fsp3) is 0.317. The van der Waals surface area contributed by atoms with E-state index >= 15 is 0 Å². The fourth-order valence-corrected chi connectivity index (χ4v) is 6.85. The highest BCUT2D eigenvalue weighted by atomic mass is 16.3. The van der Waals surface area contributed by atoms with Crippen LogP contribution in [0.25, 0.3) is 44.6 Å². The Labute approximate surface area is 293 Å². The summed E-state index contributed by atoms with van der Waals surface area (Å²) in [6.07, 6.45) is 4.86. The monoisotopic (exact) mass is 665 g/mol. The zero-order valence-corrected chi connectivity index (χ0v) is 29.3. The summed E-state index contributed by atoms with van der Waals surface area (Å²) in [5, 5.41) is 27.5. The lowest BCUT2D eigenvalue weighted by molar-refractivity contribution is 0.187. The van der Waals surface area contributed by atoms with E-state index < -0.39 is 0 Å². The van der Waals surface area contributed by atoms with Crippen molar-refractivity contribution in [2.75, 3.05) is 25.0 Å². The number of aromatic nitrogens is 3. The van der Waals surface area contributed by atoms with Gasteiger partial charge in [-0.15, -0.1) is 0 Å². The molecule has 0 amide bonds. The summed E-state index contributed by atoms with van der Waals surface area (Å²) in [4.78, 5) is 16.8. The molecule has 1 atom stereocenters. The minimum atomic E-state index is -0.375. The largest absolute Gasteiger partial charge is 0.435 e. The van der Waals surface area contributed by atoms with Gasteiger partial charge >= 0.3 is 0 Å². The molecule has 3 aromatic carbocycles. The van der Waals surface area contributed by atoms with Gasteiger partial charge in [-0.3, -0.25) is 9.88 Å². The molecule has 7 rings (SSSR count). The van der Waals surface area contributed by atoms with Crippen LogP contribution >= 0.6 is 0 Å². The summed E-state index contributed by atoms with van der Waals surface area (Å²) in [5.74, 6) is 1.89. The lowest BCUT2D eigenvalue weighted by Crippen LogP contribution is -2.42. The number of aliphatic hydroxyl groups excluding tert-OH is 1. The predicted molar refractivity (Wildman–Crippen MR) is 199 cm³/mol. The molecular weight excluding hydrogens is 622 g/mol. The first kappa shape index (κ1) is 33.4. The van der Waals surface area contributed by atoms with Crippen molar-refractivity contribution in [1.29, 1.82) is 5.26 Å². The van der Waals surface area contributed by atoms with Crippen LogP contribution < -0.4 is 10.6 Å². The van der Waals surface area contributed by atoms with E-state index in [1.807, 2.05) is 50.4 Å². The van der Waals surface area contributed by atoms with E-state index in [4.69, 9.17) is 14.4 Å². The molecule has 0 saturated carbocycles. The number of nitriles is 1. The number of fused-ring (bicyclic) bond motifs is 2. The van der Waals surface area contributed by atoms with Crippen molar-refractivity contribution >= 4 is 33.5 Å². The summed E-state index contributed by atoms with van der Waals surface area (Å²) in [6.45, 7) is 14.0. The lowest BCUT2D eigenvalue weighted by Gasteiger charge is -2.23. The Morgan fingerprint density at radius 2 is 1.78 bits per heavy atom. The smallest absolute Gasteiger partial charge is 0.227 e. The number of anilines is 2. The third kappa shape index (κ3) is 6.70. The van der Waals surface area contributed by atoms with Gasteiger partial charge in [0.05, 0.1) is 12.2 Å². The van der Waals surface area contributed by atoms with Gasteiger partial charge in [0.2, 0.25) is 5.89 Å². The van der Waals surface area contributed by atoms with Crippen LogP contribution in [0.4, 0.5) is 11.5 Å². The molecule has 9 heteroatoms. The number of nitrogens with one attached hydrogen (secondary N) is 2. The number of hydrogen-bond acceptors (Lipinski definition) is 9. The molecule has 3 N–H and O–H groups in total. The molecule has 0 unspecified atom stereocenters. The molecule has 50 heavy (non-hydrogen) atoms. The standard InChI is InChI=1S/C41H43N7O2/c1-25-13-15-48(22-25)23-28-16-31(19-42)38-36(18-28)47-40(50-38)34-10-6-8-32(26(34)2)33-9-7-11-35(27(33)3)46-39-37-30(12-14-43-39)17-29(20-44-37)21-45-41(4,5)24-49/h6-12,14,16-18,20,25,45,49H,13,15,21-24H2,1-5H3,(H,43,46)/t25-/m1/s1. The summed E-state index contributed by atoms with van der Waals surface area (Å²) in [5.41, 5.74) is 10.4. The van der Waals surface area contributed by atoms with Crippen LogP contribution in [0.15, 0.2) is 77.5 Å². The van der Waals surface area contributed by atoms with E-state index in [0.717, 1.165) is 75.2 Å². The SMILES string of the molecule is Cc1c(Nc2nccc3cc(CNC(C)(C)CO)cnc23)cccc1-c1cccc(-c2nc3cc(CN4CC[C@@H](C)C4)cc(C#N)c3o2)c1C. The van der Waals surface area contributed by atoms with Crippen LogP contribution in [-0.2, 0) is 13.1 Å². The number of likely N-dealkylation sites (tertiary alicyclic amines) is 1. The Morgan fingerprint density at radius 1 is 1.00 bits per heavy atom. The van der Waals surface area contributed by atoms with Crippen molar-refractivity contribution in [3.05, 3.63) is 101 Å². The van der Waals surface area contributed by atoms with Gasteiger partial charge in [0, 0.05) is 54.2 Å². The molecule has 0 spiro atoms. The highest BCUT2D eigenvalue weighted by molar-refractivity contribution is 5.91. The third-order valence-electron chi connectivity index (χ3n) is 9.85. The molecule has 1 aliphatic rings. The van der Waals surface area contributed by atoms with Crippen molar-refractivity contribution in [1.82, 2.24) is 25.2 Å². The number of benzene rings is 3. The van der Waals surface area contributed by atoms with Crippen molar-refractivity contribution in [2.24, 2.45) is 5.92 Å². The first-order valence-electron chi connectivity index (χ1n) is 17.2. The number of nitrogens with zero attached hydrogens (tertiary/aromatic N) is 5. The average Bonchev–Trinajstić information content (AvgIpc) is 3.73. The van der Waals surface area contributed by atoms with Crippen molar-refractivity contribution in [2.45, 2.75) is 59.7 Å². The van der Waals surface area contributed by atoms with Gasteiger partial charge in [-0.05, 0) is 116 Å². The van der Waals surface area contributed by atoms with Gasteiger partial charge in [-0.2, -0.15) is 5.26 Å². The van der Waals surface area contributed by atoms with E-state index in [9.17, 15) is 10.4 Å². The molecule has 1 aliphatic heterocycles. The summed E-state index contributed by atoms with van der Waals surface area (Å²) in [6, 6.07) is 22.8. The first-order chi connectivity index (χ1) is 24.1. The lowest BCUT2D eigenvalue weighted by atomic mass is 9.93. The quantitative estimate of drug-likeness (QED) is 0.133. The van der Waals surface area contributed by atoms with Crippen LogP contribution in [-0.4, -0.2) is 50.2 Å². The van der Waals surface area contributed by atoms with Gasteiger partial charge in [-0.25, -0.2) is 9.97 Å². The zero-order valence-electron chi connectivity index (χ0n) is 29.3. The second-order valence-electron chi connectivity index (χ2n) is 14.3. The van der Waals surface area contributed by atoms with Crippen LogP contribution in [0.2, 0.25) is 0 Å². The molecule has 254 valence electrons.